The van der Waals surface area contributed by atoms with Crippen molar-refractivity contribution in [2.24, 2.45) is 0 Å². The number of aliphatic hydroxyl groups is 1. The molecule has 0 amide bonds. The van der Waals surface area contributed by atoms with Crippen molar-refractivity contribution in [2.45, 2.75) is 32.5 Å². The first kappa shape index (κ1) is 14.1. The summed E-state index contributed by atoms with van der Waals surface area (Å²) in [7, 11) is 1.31. The number of hydrogen-bond acceptors (Lipinski definition) is 7. The smallest absolute Gasteiger partial charge is 0.360 e. The van der Waals surface area contributed by atoms with Gasteiger partial charge in [0.1, 0.15) is 5.69 Å². The second-order valence-corrected chi connectivity index (χ2v) is 4.20. The summed E-state index contributed by atoms with van der Waals surface area (Å²) < 4.78 is 7.84. The van der Waals surface area contributed by atoms with E-state index in [2.05, 4.69) is 25.4 Å². The zero-order valence-electron chi connectivity index (χ0n) is 11.1. The SMILES string of the molecule is COC(=O)c1cn(CCCCn2cc(CO)nn2)nn1. The third kappa shape index (κ3) is 3.60. The van der Waals surface area contributed by atoms with Gasteiger partial charge in [0.05, 0.1) is 26.1 Å². The molecule has 2 rings (SSSR count). The number of unbranched alkanes of at least 4 members (excludes halogenated alkanes) is 1. The van der Waals surface area contributed by atoms with Crippen molar-refractivity contribution in [1.82, 2.24) is 30.0 Å². The van der Waals surface area contributed by atoms with Crippen molar-refractivity contribution in [3.63, 3.8) is 0 Å². The molecule has 0 unspecified atom stereocenters. The summed E-state index contributed by atoms with van der Waals surface area (Å²) in [6, 6.07) is 0. The van der Waals surface area contributed by atoms with E-state index in [9.17, 15) is 4.79 Å². The molecule has 0 aliphatic rings. The first-order chi connectivity index (χ1) is 9.72. The number of aliphatic hydroxyl groups excluding tert-OH is 1. The number of rotatable bonds is 7. The van der Waals surface area contributed by atoms with Gasteiger partial charge in [-0.3, -0.25) is 9.36 Å². The van der Waals surface area contributed by atoms with E-state index < -0.39 is 5.97 Å². The summed E-state index contributed by atoms with van der Waals surface area (Å²) in [6.07, 6.45) is 5.01. The number of carbonyl (C=O) groups is 1. The Morgan fingerprint density at radius 1 is 1.20 bits per heavy atom. The largest absolute Gasteiger partial charge is 0.464 e. The van der Waals surface area contributed by atoms with Crippen LogP contribution < -0.4 is 0 Å². The molecular weight excluding hydrogens is 264 g/mol. The molecule has 0 saturated heterocycles. The summed E-state index contributed by atoms with van der Waals surface area (Å²) in [5.41, 5.74) is 0.764. The fourth-order valence-corrected chi connectivity index (χ4v) is 1.67. The maximum Gasteiger partial charge on any atom is 0.360 e. The Kier molecular flexibility index (Phi) is 4.77. The minimum atomic E-state index is -0.490. The van der Waals surface area contributed by atoms with Gasteiger partial charge in [-0.05, 0) is 12.8 Å². The molecule has 9 nitrogen and oxygen atoms in total. The van der Waals surface area contributed by atoms with Gasteiger partial charge in [-0.1, -0.05) is 10.4 Å². The molecule has 0 aliphatic carbocycles. The Morgan fingerprint density at radius 2 is 1.85 bits per heavy atom. The Balaban J connectivity index is 1.73. The van der Waals surface area contributed by atoms with Gasteiger partial charge in [0.25, 0.3) is 0 Å². The number of ether oxygens (including phenoxy) is 1. The van der Waals surface area contributed by atoms with Crippen molar-refractivity contribution in [1.29, 1.82) is 0 Å². The van der Waals surface area contributed by atoms with Crippen molar-refractivity contribution in [3.05, 3.63) is 23.8 Å². The van der Waals surface area contributed by atoms with Gasteiger partial charge in [-0.2, -0.15) is 0 Å². The van der Waals surface area contributed by atoms with E-state index in [4.69, 9.17) is 5.11 Å². The lowest BCUT2D eigenvalue weighted by Crippen LogP contribution is -2.03. The molecule has 9 heteroatoms. The van der Waals surface area contributed by atoms with Crippen molar-refractivity contribution >= 4 is 5.97 Å². The van der Waals surface area contributed by atoms with Crippen LogP contribution in [-0.4, -0.2) is 48.2 Å². The lowest BCUT2D eigenvalue weighted by atomic mass is 10.3. The zero-order chi connectivity index (χ0) is 14.4. The Morgan fingerprint density at radius 3 is 2.45 bits per heavy atom. The number of methoxy groups -OCH3 is 1. The van der Waals surface area contributed by atoms with E-state index in [1.165, 1.54) is 7.11 Å². The third-order valence-electron chi connectivity index (χ3n) is 2.71. The summed E-state index contributed by atoms with van der Waals surface area (Å²) >= 11 is 0. The highest BCUT2D eigenvalue weighted by Crippen LogP contribution is 2.01. The topological polar surface area (TPSA) is 108 Å². The molecule has 0 atom stereocenters. The number of carbonyl (C=O) groups excluding carboxylic acids is 1. The number of hydrogen-bond donors (Lipinski definition) is 1. The quantitative estimate of drug-likeness (QED) is 0.544. The molecule has 0 fully saturated rings. The van der Waals surface area contributed by atoms with Crippen LogP contribution in [-0.2, 0) is 24.4 Å². The second kappa shape index (κ2) is 6.75. The Bertz CT molecular complexity index is 564. The van der Waals surface area contributed by atoms with Crippen LogP contribution in [0.4, 0.5) is 0 Å². The molecule has 1 N–H and O–H groups in total. The number of esters is 1. The maximum absolute atomic E-state index is 11.2. The molecule has 0 spiro atoms. The Labute approximate surface area is 115 Å². The van der Waals surface area contributed by atoms with Crippen LogP contribution in [0.1, 0.15) is 29.0 Å². The maximum atomic E-state index is 11.2. The van der Waals surface area contributed by atoms with Gasteiger partial charge in [-0.15, -0.1) is 10.2 Å². The highest BCUT2D eigenvalue weighted by atomic mass is 16.5. The van der Waals surface area contributed by atoms with Crippen LogP contribution in [0, 0.1) is 0 Å². The van der Waals surface area contributed by atoms with E-state index in [1.54, 1.807) is 21.8 Å². The van der Waals surface area contributed by atoms with E-state index in [1.807, 2.05) is 0 Å². The Hall–Kier alpha value is -2.29. The average molecular weight is 280 g/mol. The zero-order valence-corrected chi connectivity index (χ0v) is 11.1. The fourth-order valence-electron chi connectivity index (χ4n) is 1.67. The molecule has 0 aliphatic heterocycles. The predicted molar refractivity (Wildman–Crippen MR) is 66.5 cm³/mol. The van der Waals surface area contributed by atoms with Crippen LogP contribution in [0.3, 0.4) is 0 Å². The number of aromatic nitrogens is 6. The van der Waals surface area contributed by atoms with Crippen LogP contribution in [0.5, 0.6) is 0 Å². The van der Waals surface area contributed by atoms with Crippen LogP contribution in [0.2, 0.25) is 0 Å². The van der Waals surface area contributed by atoms with Gasteiger partial charge >= 0.3 is 5.97 Å². The predicted octanol–water partition coefficient (Wildman–Crippen LogP) is -0.371. The van der Waals surface area contributed by atoms with Gasteiger partial charge in [0, 0.05) is 13.1 Å². The summed E-state index contributed by atoms with van der Waals surface area (Å²) in [5.74, 6) is -0.490. The first-order valence-corrected chi connectivity index (χ1v) is 6.21. The van der Waals surface area contributed by atoms with Gasteiger partial charge in [0.2, 0.25) is 0 Å². The lowest BCUT2D eigenvalue weighted by molar-refractivity contribution is 0.0594. The molecule has 2 aromatic rings. The van der Waals surface area contributed by atoms with Crippen molar-refractivity contribution in [2.75, 3.05) is 7.11 Å². The molecule has 2 aromatic heterocycles. The molecule has 20 heavy (non-hydrogen) atoms. The minimum Gasteiger partial charge on any atom is -0.464 e. The lowest BCUT2D eigenvalue weighted by Gasteiger charge is -2.01. The first-order valence-electron chi connectivity index (χ1n) is 6.21. The average Bonchev–Trinajstić information content (AvgIpc) is 3.11. The molecule has 0 radical (unpaired) electrons. The van der Waals surface area contributed by atoms with Gasteiger partial charge in [0.15, 0.2) is 5.69 Å². The molecule has 2 heterocycles. The molecule has 108 valence electrons. The van der Waals surface area contributed by atoms with Crippen molar-refractivity contribution < 1.29 is 14.6 Å². The summed E-state index contributed by atoms with van der Waals surface area (Å²) in [6.45, 7) is 1.27. The van der Waals surface area contributed by atoms with E-state index >= 15 is 0 Å². The molecule has 0 aromatic carbocycles. The fraction of sp³-hybridized carbons (Fsp3) is 0.545. The van der Waals surface area contributed by atoms with E-state index in [-0.39, 0.29) is 12.3 Å². The standard InChI is InChI=1S/C11H16N6O3/c1-20-11(19)10-7-17(15-13-10)5-3-2-4-16-6-9(8-18)12-14-16/h6-7,18H,2-5,8H2,1H3. The van der Waals surface area contributed by atoms with E-state index in [0.29, 0.717) is 18.8 Å². The van der Waals surface area contributed by atoms with Crippen LogP contribution in [0.25, 0.3) is 0 Å². The monoisotopic (exact) mass is 280 g/mol. The van der Waals surface area contributed by atoms with Gasteiger partial charge in [-0.25, -0.2) is 4.79 Å². The minimum absolute atomic E-state index is 0.102. The van der Waals surface area contributed by atoms with Crippen LogP contribution >= 0.6 is 0 Å². The van der Waals surface area contributed by atoms with Crippen LogP contribution in [0.15, 0.2) is 12.4 Å². The number of aryl methyl sites for hydroxylation is 2. The molecular formula is C11H16N6O3. The highest BCUT2D eigenvalue weighted by molar-refractivity contribution is 5.86. The second-order valence-electron chi connectivity index (χ2n) is 4.20. The van der Waals surface area contributed by atoms with E-state index in [0.717, 1.165) is 12.8 Å². The number of nitrogens with zero attached hydrogens (tertiary/aromatic N) is 6. The summed E-state index contributed by atoms with van der Waals surface area (Å²) in [4.78, 5) is 11.2. The normalized spacial score (nSPS) is 10.7. The highest BCUT2D eigenvalue weighted by Gasteiger charge is 2.10. The van der Waals surface area contributed by atoms with Gasteiger partial charge < -0.3 is 9.84 Å². The molecule has 0 bridgehead atoms. The third-order valence-corrected chi connectivity index (χ3v) is 2.71. The molecule has 0 saturated carbocycles. The van der Waals surface area contributed by atoms with Crippen molar-refractivity contribution in [3.8, 4) is 0 Å². The summed E-state index contributed by atoms with van der Waals surface area (Å²) in [5, 5.41) is 24.1.